The topological polar surface area (TPSA) is 59.4 Å². The maximum atomic E-state index is 8.35. The van der Waals surface area contributed by atoms with Gasteiger partial charge in [0, 0.05) is 13.2 Å². The number of nitrogens with one attached hydrogen (secondary N) is 1. The standard InChI is InChI=1S/C7H18O2Si.CHNO/c1-5-8-10(7(3)4)9-6-2;2-1-3/h7,10H,5-6H2,1-4H3;2H. The van der Waals surface area contributed by atoms with E-state index in [2.05, 4.69) is 13.8 Å². The van der Waals surface area contributed by atoms with Crippen LogP contribution in [0.5, 0.6) is 0 Å². The van der Waals surface area contributed by atoms with Gasteiger partial charge >= 0.3 is 9.28 Å². The third kappa shape index (κ3) is 11.5. The van der Waals surface area contributed by atoms with Crippen molar-refractivity contribution in [1.82, 2.24) is 0 Å². The van der Waals surface area contributed by atoms with Crippen LogP contribution in [-0.4, -0.2) is 28.6 Å². The van der Waals surface area contributed by atoms with E-state index in [4.69, 9.17) is 19.1 Å². The quantitative estimate of drug-likeness (QED) is 0.421. The van der Waals surface area contributed by atoms with Crippen LogP contribution in [0.25, 0.3) is 0 Å². The number of carbonyl (C=O) groups excluding carboxylic acids is 1. The van der Waals surface area contributed by atoms with Crippen molar-refractivity contribution in [3.05, 3.63) is 0 Å². The largest absolute Gasteiger partial charge is 0.397 e. The highest BCUT2D eigenvalue weighted by atomic mass is 28.3. The summed E-state index contributed by atoms with van der Waals surface area (Å²) in [5.41, 5.74) is 0.583. The lowest BCUT2D eigenvalue weighted by Gasteiger charge is -2.17. The molecule has 0 amide bonds. The van der Waals surface area contributed by atoms with Crippen LogP contribution in [-0.2, 0) is 13.6 Å². The Morgan fingerprint density at radius 2 is 1.62 bits per heavy atom. The predicted molar refractivity (Wildman–Crippen MR) is 53.9 cm³/mol. The van der Waals surface area contributed by atoms with Crippen LogP contribution in [0.1, 0.15) is 27.7 Å². The molecule has 0 saturated heterocycles. The Balaban J connectivity index is 0. The Morgan fingerprint density at radius 3 is 1.77 bits per heavy atom. The molecule has 0 saturated carbocycles. The van der Waals surface area contributed by atoms with E-state index in [9.17, 15) is 0 Å². The first-order chi connectivity index (χ1) is 6.13. The van der Waals surface area contributed by atoms with Crippen LogP contribution in [0.15, 0.2) is 0 Å². The molecular formula is C8H19NO3Si. The molecule has 0 rings (SSSR count). The minimum absolute atomic E-state index is 0.583. The zero-order valence-corrected chi connectivity index (χ0v) is 9.95. The minimum Gasteiger partial charge on any atom is -0.397 e. The maximum absolute atomic E-state index is 8.35. The zero-order valence-electron chi connectivity index (χ0n) is 8.79. The van der Waals surface area contributed by atoms with E-state index < -0.39 is 9.28 Å². The van der Waals surface area contributed by atoms with Crippen molar-refractivity contribution in [2.45, 2.75) is 33.2 Å². The first kappa shape index (κ1) is 15.0. The first-order valence-corrected chi connectivity index (χ1v) is 6.01. The average Bonchev–Trinajstić information content (AvgIpc) is 2.05. The molecule has 0 aliphatic heterocycles. The zero-order chi connectivity index (χ0) is 10.7. The third-order valence-electron chi connectivity index (χ3n) is 1.21. The molecule has 0 spiro atoms. The van der Waals surface area contributed by atoms with Crippen molar-refractivity contribution in [3.8, 4) is 0 Å². The lowest BCUT2D eigenvalue weighted by molar-refractivity contribution is 0.207. The molecule has 0 atom stereocenters. The van der Waals surface area contributed by atoms with Gasteiger partial charge in [-0.05, 0) is 19.4 Å². The Morgan fingerprint density at radius 1 is 1.31 bits per heavy atom. The number of hydrogen-bond donors (Lipinski definition) is 1. The Hall–Kier alpha value is -0.483. The molecule has 0 radical (unpaired) electrons. The first-order valence-electron chi connectivity index (χ1n) is 4.41. The van der Waals surface area contributed by atoms with Gasteiger partial charge in [0.05, 0.1) is 0 Å². The molecule has 0 heterocycles. The van der Waals surface area contributed by atoms with Crippen LogP contribution >= 0.6 is 0 Å². The molecule has 0 aromatic rings. The summed E-state index contributed by atoms with van der Waals surface area (Å²) in [6, 6.07) is 0. The number of hydrogen-bond acceptors (Lipinski definition) is 4. The summed E-state index contributed by atoms with van der Waals surface area (Å²) in [5.74, 6) is 0. The summed E-state index contributed by atoms with van der Waals surface area (Å²) in [7, 11) is -1.31. The average molecular weight is 205 g/mol. The Bertz CT molecular complexity index is 129. The molecule has 4 nitrogen and oxygen atoms in total. The second kappa shape index (κ2) is 11.5. The molecule has 0 aliphatic rings. The smallest absolute Gasteiger partial charge is 0.324 e. The lowest BCUT2D eigenvalue weighted by atomic mass is 10.6. The molecule has 0 aromatic heterocycles. The van der Waals surface area contributed by atoms with E-state index in [1.165, 1.54) is 0 Å². The fourth-order valence-electron chi connectivity index (χ4n) is 0.762. The summed E-state index contributed by atoms with van der Waals surface area (Å²) in [6.45, 7) is 9.91. The SMILES string of the molecule is CCO[SiH](OCC)C(C)C.N=C=O. The van der Waals surface area contributed by atoms with Gasteiger partial charge in [-0.3, -0.25) is 0 Å². The second-order valence-corrected chi connectivity index (χ2v) is 5.36. The van der Waals surface area contributed by atoms with Crippen LogP contribution in [0.4, 0.5) is 0 Å². The highest BCUT2D eigenvalue weighted by Gasteiger charge is 2.15. The lowest BCUT2D eigenvalue weighted by Crippen LogP contribution is -2.26. The van der Waals surface area contributed by atoms with E-state index in [1.807, 2.05) is 13.8 Å². The van der Waals surface area contributed by atoms with Crippen molar-refractivity contribution in [3.63, 3.8) is 0 Å². The fraction of sp³-hybridized carbons (Fsp3) is 0.875. The number of rotatable bonds is 5. The van der Waals surface area contributed by atoms with Crippen molar-refractivity contribution >= 4 is 15.4 Å². The van der Waals surface area contributed by atoms with Crippen molar-refractivity contribution in [2.24, 2.45) is 0 Å². The summed E-state index contributed by atoms with van der Waals surface area (Å²) >= 11 is 0. The maximum Gasteiger partial charge on any atom is 0.324 e. The van der Waals surface area contributed by atoms with Crippen LogP contribution in [0, 0.1) is 5.41 Å². The molecule has 0 unspecified atom stereocenters. The molecule has 5 heteroatoms. The molecule has 0 bridgehead atoms. The van der Waals surface area contributed by atoms with E-state index in [1.54, 1.807) is 0 Å². The van der Waals surface area contributed by atoms with Crippen LogP contribution in [0.2, 0.25) is 5.54 Å². The van der Waals surface area contributed by atoms with E-state index in [-0.39, 0.29) is 0 Å². The summed E-state index contributed by atoms with van der Waals surface area (Å²) in [4.78, 5) is 8.35. The Kier molecular flexibility index (Phi) is 13.3. The second-order valence-electron chi connectivity index (χ2n) is 2.63. The molecule has 1 N–H and O–H groups in total. The Labute approximate surface area is 81.6 Å². The van der Waals surface area contributed by atoms with Gasteiger partial charge in [0.1, 0.15) is 0 Å². The molecule has 0 fully saturated rings. The van der Waals surface area contributed by atoms with E-state index in [0.717, 1.165) is 19.3 Å². The van der Waals surface area contributed by atoms with E-state index in [0.29, 0.717) is 5.54 Å². The third-order valence-corrected chi connectivity index (χ3v) is 3.62. The minimum atomic E-state index is -1.31. The highest BCUT2D eigenvalue weighted by Crippen LogP contribution is 2.09. The van der Waals surface area contributed by atoms with Crippen molar-refractivity contribution in [1.29, 1.82) is 5.41 Å². The van der Waals surface area contributed by atoms with Gasteiger partial charge in [-0.2, -0.15) is 0 Å². The molecule has 0 aromatic carbocycles. The predicted octanol–water partition coefficient (Wildman–Crippen LogP) is 1.59. The van der Waals surface area contributed by atoms with Crippen molar-refractivity contribution in [2.75, 3.05) is 13.2 Å². The highest BCUT2D eigenvalue weighted by molar-refractivity contribution is 6.46. The monoisotopic (exact) mass is 205 g/mol. The fourth-order valence-corrected chi connectivity index (χ4v) is 2.28. The van der Waals surface area contributed by atoms with Gasteiger partial charge in [0.15, 0.2) is 0 Å². The summed E-state index contributed by atoms with van der Waals surface area (Å²) in [6.07, 6.45) is 0.750. The molecule has 0 aliphatic carbocycles. The van der Waals surface area contributed by atoms with Gasteiger partial charge in [0.2, 0.25) is 6.08 Å². The normalized spacial score (nSPS) is 9.38. The molecular weight excluding hydrogens is 186 g/mol. The summed E-state index contributed by atoms with van der Waals surface area (Å²) < 4.78 is 10.9. The van der Waals surface area contributed by atoms with Gasteiger partial charge in [-0.15, -0.1) is 0 Å². The number of isocyanates is 1. The molecule has 13 heavy (non-hydrogen) atoms. The van der Waals surface area contributed by atoms with Crippen LogP contribution < -0.4 is 0 Å². The van der Waals surface area contributed by atoms with Gasteiger partial charge in [-0.25, -0.2) is 10.2 Å². The van der Waals surface area contributed by atoms with Gasteiger partial charge in [0.25, 0.3) is 0 Å². The molecule has 78 valence electrons. The summed E-state index contributed by atoms with van der Waals surface area (Å²) in [5, 5.41) is 5.40. The van der Waals surface area contributed by atoms with Crippen LogP contribution in [0.3, 0.4) is 0 Å². The van der Waals surface area contributed by atoms with Gasteiger partial charge < -0.3 is 8.85 Å². The van der Waals surface area contributed by atoms with E-state index >= 15 is 0 Å². The van der Waals surface area contributed by atoms with Crippen molar-refractivity contribution < 1.29 is 13.6 Å². The van der Waals surface area contributed by atoms with Gasteiger partial charge in [-0.1, -0.05) is 13.8 Å².